The highest BCUT2D eigenvalue weighted by Crippen LogP contribution is 2.25. The molecule has 116 valence electrons. The zero-order valence-electron chi connectivity index (χ0n) is 12.8. The van der Waals surface area contributed by atoms with Crippen molar-refractivity contribution >= 4 is 5.91 Å². The number of nitrogens with one attached hydrogen (secondary N) is 1. The Morgan fingerprint density at radius 1 is 1.50 bits per heavy atom. The maximum Gasteiger partial charge on any atom is 0.251 e. The molecule has 1 atom stereocenters. The summed E-state index contributed by atoms with van der Waals surface area (Å²) in [6.07, 6.45) is 6.53. The van der Waals surface area contributed by atoms with Crippen LogP contribution < -0.4 is 10.1 Å². The summed E-state index contributed by atoms with van der Waals surface area (Å²) < 4.78 is 7.45. The summed E-state index contributed by atoms with van der Waals surface area (Å²) in [5, 5.41) is 7.21. The van der Waals surface area contributed by atoms with Gasteiger partial charge in [-0.25, -0.2) is 0 Å². The van der Waals surface area contributed by atoms with Gasteiger partial charge in [0.2, 0.25) is 0 Å². The van der Waals surface area contributed by atoms with Crippen LogP contribution in [0.25, 0.3) is 0 Å². The number of nitrogens with zero attached hydrogens (tertiary/aromatic N) is 2. The molecule has 0 spiro atoms. The van der Waals surface area contributed by atoms with E-state index in [4.69, 9.17) is 4.74 Å². The van der Waals surface area contributed by atoms with Crippen LogP contribution >= 0.6 is 0 Å². The molecule has 5 heteroatoms. The van der Waals surface area contributed by atoms with E-state index >= 15 is 0 Å². The molecule has 5 nitrogen and oxygen atoms in total. The second kappa shape index (κ2) is 6.64. The maximum atomic E-state index is 12.3. The number of aryl methyl sites for hydroxylation is 2. The normalized spacial score (nSPS) is 14.8. The smallest absolute Gasteiger partial charge is 0.251 e. The van der Waals surface area contributed by atoms with Crippen LogP contribution in [0.5, 0.6) is 5.75 Å². The molecular weight excluding hydrogens is 278 g/mol. The molecule has 2 heterocycles. The van der Waals surface area contributed by atoms with Gasteiger partial charge in [0.05, 0.1) is 6.61 Å². The molecule has 1 aromatic heterocycles. The first kappa shape index (κ1) is 14.6. The summed E-state index contributed by atoms with van der Waals surface area (Å²) in [6.45, 7) is 3.58. The molecule has 0 bridgehead atoms. The monoisotopic (exact) mass is 299 g/mol. The number of amides is 1. The van der Waals surface area contributed by atoms with Crippen molar-refractivity contribution in [3.05, 3.63) is 47.8 Å². The van der Waals surface area contributed by atoms with Crippen molar-refractivity contribution in [3.63, 3.8) is 0 Å². The third-order valence-corrected chi connectivity index (χ3v) is 3.90. The molecule has 1 aromatic carbocycles. The maximum absolute atomic E-state index is 12.3. The molecule has 1 aliphatic heterocycles. The highest BCUT2D eigenvalue weighted by Gasteiger charge is 2.15. The topological polar surface area (TPSA) is 56.2 Å². The first-order valence-corrected chi connectivity index (χ1v) is 7.76. The highest BCUT2D eigenvalue weighted by molar-refractivity contribution is 5.94. The minimum atomic E-state index is -0.0265. The summed E-state index contributed by atoms with van der Waals surface area (Å²) in [6, 6.07) is 7.68. The van der Waals surface area contributed by atoms with Gasteiger partial charge >= 0.3 is 0 Å². The van der Waals surface area contributed by atoms with Gasteiger partial charge in [-0.3, -0.25) is 9.48 Å². The van der Waals surface area contributed by atoms with Gasteiger partial charge < -0.3 is 10.1 Å². The quantitative estimate of drug-likeness (QED) is 0.922. The third kappa shape index (κ3) is 3.47. The third-order valence-electron chi connectivity index (χ3n) is 3.90. The molecule has 0 radical (unpaired) electrons. The zero-order chi connectivity index (χ0) is 15.4. The average molecular weight is 299 g/mol. The second-order valence-corrected chi connectivity index (χ2v) is 5.71. The lowest BCUT2D eigenvalue weighted by atomic mass is 10.0. The lowest BCUT2D eigenvalue weighted by Crippen LogP contribution is -2.33. The van der Waals surface area contributed by atoms with Crippen LogP contribution in [0.4, 0.5) is 0 Å². The number of ether oxygens (including phenoxy) is 1. The summed E-state index contributed by atoms with van der Waals surface area (Å²) in [5.41, 5.74) is 1.83. The van der Waals surface area contributed by atoms with E-state index in [0.717, 1.165) is 43.7 Å². The van der Waals surface area contributed by atoms with Gasteiger partial charge in [0.1, 0.15) is 5.75 Å². The lowest BCUT2D eigenvalue weighted by molar-refractivity contribution is 0.0937. The van der Waals surface area contributed by atoms with Crippen LogP contribution in [0.1, 0.15) is 35.7 Å². The number of carbonyl (C=O) groups is 1. The van der Waals surface area contributed by atoms with E-state index in [2.05, 4.69) is 10.4 Å². The lowest BCUT2D eigenvalue weighted by Gasteiger charge is -2.18. The fraction of sp³-hybridized carbons (Fsp3) is 0.412. The largest absolute Gasteiger partial charge is 0.493 e. The first-order chi connectivity index (χ1) is 10.7. The van der Waals surface area contributed by atoms with E-state index in [-0.39, 0.29) is 11.9 Å². The molecule has 0 fully saturated rings. The van der Waals surface area contributed by atoms with Crippen molar-refractivity contribution in [2.75, 3.05) is 6.61 Å². The standard InChI is InChI=1S/C17H21N3O2/c1-13(7-10-20-9-3-8-18-20)19-17(21)15-5-6-16-14(12-15)4-2-11-22-16/h3,5-6,8-9,12-13H,2,4,7,10-11H2,1H3,(H,19,21)/t13-/m0/s1. The Bertz CT molecular complexity index is 637. The van der Waals surface area contributed by atoms with Crippen LogP contribution in [0.3, 0.4) is 0 Å². The number of hydrogen-bond donors (Lipinski definition) is 1. The summed E-state index contributed by atoms with van der Waals surface area (Å²) >= 11 is 0. The molecular formula is C17H21N3O2. The van der Waals surface area contributed by atoms with E-state index in [1.165, 1.54) is 0 Å². The Kier molecular flexibility index (Phi) is 4.42. The number of hydrogen-bond acceptors (Lipinski definition) is 3. The zero-order valence-corrected chi connectivity index (χ0v) is 12.8. The van der Waals surface area contributed by atoms with Crippen LogP contribution in [-0.2, 0) is 13.0 Å². The molecule has 1 N–H and O–H groups in total. The number of fused-ring (bicyclic) bond motifs is 1. The SMILES string of the molecule is C[C@@H](CCn1cccn1)NC(=O)c1ccc2c(c1)CCCO2. The Balaban J connectivity index is 1.56. The molecule has 0 saturated heterocycles. The summed E-state index contributed by atoms with van der Waals surface area (Å²) in [5.74, 6) is 0.885. The second-order valence-electron chi connectivity index (χ2n) is 5.71. The summed E-state index contributed by atoms with van der Waals surface area (Å²) in [7, 11) is 0. The fourth-order valence-electron chi connectivity index (χ4n) is 2.64. The van der Waals surface area contributed by atoms with Crippen molar-refractivity contribution in [1.29, 1.82) is 0 Å². The predicted molar refractivity (Wildman–Crippen MR) is 84.0 cm³/mol. The Hall–Kier alpha value is -2.30. The molecule has 0 aliphatic carbocycles. The average Bonchev–Trinajstić information content (AvgIpc) is 3.06. The van der Waals surface area contributed by atoms with Gasteiger partial charge in [0, 0.05) is 30.5 Å². The van der Waals surface area contributed by atoms with E-state index < -0.39 is 0 Å². The van der Waals surface area contributed by atoms with Gasteiger partial charge in [0.15, 0.2) is 0 Å². The molecule has 1 amide bonds. The van der Waals surface area contributed by atoms with Crippen molar-refractivity contribution in [1.82, 2.24) is 15.1 Å². The van der Waals surface area contributed by atoms with Gasteiger partial charge in [-0.15, -0.1) is 0 Å². The van der Waals surface area contributed by atoms with Gasteiger partial charge in [0.25, 0.3) is 5.91 Å². The molecule has 1 aliphatic rings. The first-order valence-electron chi connectivity index (χ1n) is 7.76. The van der Waals surface area contributed by atoms with Crippen LogP contribution in [0.15, 0.2) is 36.7 Å². The van der Waals surface area contributed by atoms with E-state index in [0.29, 0.717) is 5.56 Å². The minimum Gasteiger partial charge on any atom is -0.493 e. The van der Waals surface area contributed by atoms with Crippen molar-refractivity contribution < 1.29 is 9.53 Å². The number of rotatable bonds is 5. The minimum absolute atomic E-state index is 0.0265. The highest BCUT2D eigenvalue weighted by atomic mass is 16.5. The van der Waals surface area contributed by atoms with E-state index in [1.54, 1.807) is 6.20 Å². The van der Waals surface area contributed by atoms with Crippen LogP contribution in [0, 0.1) is 0 Å². The van der Waals surface area contributed by atoms with Crippen LogP contribution in [-0.4, -0.2) is 28.3 Å². The molecule has 3 rings (SSSR count). The Morgan fingerprint density at radius 2 is 2.41 bits per heavy atom. The van der Waals surface area contributed by atoms with E-state index in [9.17, 15) is 4.79 Å². The number of aromatic nitrogens is 2. The van der Waals surface area contributed by atoms with Gasteiger partial charge in [-0.05, 0) is 56.0 Å². The molecule has 22 heavy (non-hydrogen) atoms. The fourth-order valence-corrected chi connectivity index (χ4v) is 2.64. The molecule has 0 unspecified atom stereocenters. The van der Waals surface area contributed by atoms with Gasteiger partial charge in [-0.1, -0.05) is 0 Å². The van der Waals surface area contributed by atoms with Crippen LogP contribution in [0.2, 0.25) is 0 Å². The summed E-state index contributed by atoms with van der Waals surface area (Å²) in [4.78, 5) is 12.3. The van der Waals surface area contributed by atoms with Crippen molar-refractivity contribution in [2.24, 2.45) is 0 Å². The molecule has 0 saturated carbocycles. The molecule has 2 aromatic rings. The van der Waals surface area contributed by atoms with Crippen molar-refractivity contribution in [2.45, 2.75) is 38.8 Å². The predicted octanol–water partition coefficient (Wildman–Crippen LogP) is 2.42. The van der Waals surface area contributed by atoms with Gasteiger partial charge in [-0.2, -0.15) is 5.10 Å². The number of benzene rings is 1. The Morgan fingerprint density at radius 3 is 3.23 bits per heavy atom. The van der Waals surface area contributed by atoms with E-state index in [1.807, 2.05) is 42.1 Å². The number of carbonyl (C=O) groups excluding carboxylic acids is 1. The van der Waals surface area contributed by atoms with Crippen molar-refractivity contribution in [3.8, 4) is 5.75 Å². The Labute approximate surface area is 130 Å².